The van der Waals surface area contributed by atoms with E-state index in [0.717, 1.165) is 32.1 Å². The predicted molar refractivity (Wildman–Crippen MR) is 112 cm³/mol. The van der Waals surface area contributed by atoms with Crippen LogP contribution < -0.4 is 10.6 Å². The first-order chi connectivity index (χ1) is 13.1. The van der Waals surface area contributed by atoms with E-state index >= 15 is 0 Å². The van der Waals surface area contributed by atoms with Crippen LogP contribution in [0.1, 0.15) is 44.9 Å². The molecule has 0 atom stereocenters. The minimum Gasteiger partial charge on any atom is -0.325 e. The van der Waals surface area contributed by atoms with Gasteiger partial charge in [-0.2, -0.15) is 0 Å². The van der Waals surface area contributed by atoms with Gasteiger partial charge < -0.3 is 10.6 Å². The summed E-state index contributed by atoms with van der Waals surface area (Å²) in [5.74, 6) is -0.0514. The molecule has 0 bridgehead atoms. The first-order valence-electron chi connectivity index (χ1n) is 9.15. The van der Waals surface area contributed by atoms with Gasteiger partial charge in [-0.15, -0.1) is 0 Å². The molecule has 0 aliphatic carbocycles. The van der Waals surface area contributed by atoms with Crippen molar-refractivity contribution in [3.63, 3.8) is 0 Å². The quantitative estimate of drug-likeness (QED) is 0.454. The van der Waals surface area contributed by atoms with Crippen molar-refractivity contribution in [3.05, 3.63) is 58.6 Å². The molecule has 0 aliphatic heterocycles. The third-order valence-electron chi connectivity index (χ3n) is 4.10. The summed E-state index contributed by atoms with van der Waals surface area (Å²) in [5, 5.41) is 6.73. The molecule has 0 fully saturated rings. The molecule has 0 saturated heterocycles. The van der Waals surface area contributed by atoms with E-state index in [-0.39, 0.29) is 11.8 Å². The molecule has 6 heteroatoms. The highest BCUT2D eigenvalue weighted by Crippen LogP contribution is 2.22. The average molecular weight is 407 g/mol. The number of carbonyl (C=O) groups is 2. The molecule has 2 amide bonds. The number of para-hydroxylation sites is 2. The Morgan fingerprint density at radius 2 is 1.00 bits per heavy atom. The number of hydrogen-bond donors (Lipinski definition) is 2. The monoisotopic (exact) mass is 406 g/mol. The van der Waals surface area contributed by atoms with Crippen LogP contribution >= 0.6 is 23.2 Å². The third-order valence-corrected chi connectivity index (χ3v) is 4.76. The van der Waals surface area contributed by atoms with Crippen molar-refractivity contribution in [2.45, 2.75) is 44.9 Å². The van der Waals surface area contributed by atoms with Gasteiger partial charge in [-0.1, -0.05) is 66.7 Å². The maximum absolute atomic E-state index is 11.9. The lowest BCUT2D eigenvalue weighted by molar-refractivity contribution is -0.117. The number of halogens is 2. The van der Waals surface area contributed by atoms with Gasteiger partial charge in [-0.25, -0.2) is 0 Å². The fraction of sp³-hybridized carbons (Fsp3) is 0.333. The second kappa shape index (κ2) is 11.6. The first kappa shape index (κ1) is 21.3. The van der Waals surface area contributed by atoms with E-state index in [1.54, 1.807) is 24.3 Å². The van der Waals surface area contributed by atoms with Gasteiger partial charge in [0.05, 0.1) is 21.4 Å². The number of rotatable bonds is 10. The van der Waals surface area contributed by atoms with Crippen molar-refractivity contribution in [1.29, 1.82) is 0 Å². The molecule has 27 heavy (non-hydrogen) atoms. The van der Waals surface area contributed by atoms with Crippen LogP contribution in [0, 0.1) is 0 Å². The summed E-state index contributed by atoms with van der Waals surface area (Å²) in [6.07, 6.45) is 5.50. The lowest BCUT2D eigenvalue weighted by Crippen LogP contribution is -2.11. The molecule has 2 aromatic rings. The molecule has 144 valence electrons. The van der Waals surface area contributed by atoms with Crippen molar-refractivity contribution in [3.8, 4) is 0 Å². The SMILES string of the molecule is O=C(CCCCCCCC(=O)Nc1ccccc1Cl)Nc1ccccc1Cl. The standard InChI is InChI=1S/C21H24Cl2N2O2/c22-16-10-6-8-12-18(16)24-20(26)14-4-2-1-3-5-15-21(27)25-19-13-9-7-11-17(19)23/h6-13H,1-5,14-15H2,(H,24,26)(H,25,27). The van der Waals surface area contributed by atoms with E-state index in [4.69, 9.17) is 23.2 Å². The summed E-state index contributed by atoms with van der Waals surface area (Å²) in [6.45, 7) is 0. The average Bonchev–Trinajstić information content (AvgIpc) is 2.65. The summed E-state index contributed by atoms with van der Waals surface area (Å²) in [4.78, 5) is 23.8. The summed E-state index contributed by atoms with van der Waals surface area (Å²) in [6, 6.07) is 14.4. The van der Waals surface area contributed by atoms with E-state index in [2.05, 4.69) is 10.6 Å². The largest absolute Gasteiger partial charge is 0.325 e. The van der Waals surface area contributed by atoms with E-state index in [0.29, 0.717) is 34.3 Å². The molecule has 4 nitrogen and oxygen atoms in total. The minimum absolute atomic E-state index is 0.0257. The van der Waals surface area contributed by atoms with Gasteiger partial charge in [0.2, 0.25) is 11.8 Å². The molecule has 2 rings (SSSR count). The Kier molecular flexibility index (Phi) is 9.16. The van der Waals surface area contributed by atoms with Gasteiger partial charge in [0.1, 0.15) is 0 Å². The van der Waals surface area contributed by atoms with Crippen molar-refractivity contribution in [2.75, 3.05) is 10.6 Å². The Morgan fingerprint density at radius 1 is 0.630 bits per heavy atom. The molecule has 0 unspecified atom stereocenters. The van der Waals surface area contributed by atoms with Crippen molar-refractivity contribution < 1.29 is 9.59 Å². The lowest BCUT2D eigenvalue weighted by atomic mass is 10.1. The zero-order valence-corrected chi connectivity index (χ0v) is 16.7. The Morgan fingerprint density at radius 3 is 1.41 bits per heavy atom. The summed E-state index contributed by atoms with van der Waals surface area (Å²) in [5.41, 5.74) is 1.29. The Balaban J connectivity index is 1.52. The van der Waals surface area contributed by atoms with E-state index in [1.165, 1.54) is 0 Å². The van der Waals surface area contributed by atoms with E-state index < -0.39 is 0 Å². The Hall–Kier alpha value is -2.04. The highest BCUT2D eigenvalue weighted by atomic mass is 35.5. The smallest absolute Gasteiger partial charge is 0.224 e. The van der Waals surface area contributed by atoms with Gasteiger partial charge >= 0.3 is 0 Å². The summed E-state index contributed by atoms with van der Waals surface area (Å²) in [7, 11) is 0. The minimum atomic E-state index is -0.0257. The van der Waals surface area contributed by atoms with Crippen LogP contribution in [0.3, 0.4) is 0 Å². The van der Waals surface area contributed by atoms with E-state index in [9.17, 15) is 9.59 Å². The second-order valence-corrected chi connectivity index (χ2v) is 7.14. The molecular formula is C21H24Cl2N2O2. The number of nitrogens with one attached hydrogen (secondary N) is 2. The van der Waals surface area contributed by atoms with Crippen LogP contribution in [0.2, 0.25) is 10.0 Å². The Bertz CT molecular complexity index is 702. The van der Waals surface area contributed by atoms with Crippen LogP contribution in [0.15, 0.2) is 48.5 Å². The van der Waals surface area contributed by atoms with Crippen molar-refractivity contribution >= 4 is 46.4 Å². The van der Waals surface area contributed by atoms with Crippen molar-refractivity contribution in [1.82, 2.24) is 0 Å². The normalized spacial score (nSPS) is 10.4. The number of hydrogen-bond acceptors (Lipinski definition) is 2. The molecule has 0 saturated carbocycles. The molecule has 0 heterocycles. The number of amides is 2. The number of anilines is 2. The molecule has 2 aromatic carbocycles. The van der Waals surface area contributed by atoms with Crippen LogP contribution in [0.25, 0.3) is 0 Å². The highest BCUT2D eigenvalue weighted by Gasteiger charge is 2.06. The molecule has 0 aliphatic rings. The van der Waals surface area contributed by atoms with Crippen LogP contribution in [0.5, 0.6) is 0 Å². The first-order valence-corrected chi connectivity index (χ1v) is 9.90. The van der Waals surface area contributed by atoms with Gasteiger partial charge in [-0.05, 0) is 37.1 Å². The van der Waals surface area contributed by atoms with Gasteiger partial charge in [0.15, 0.2) is 0 Å². The zero-order chi connectivity index (χ0) is 19.5. The van der Waals surface area contributed by atoms with Crippen LogP contribution in [-0.4, -0.2) is 11.8 Å². The maximum Gasteiger partial charge on any atom is 0.224 e. The molecular weight excluding hydrogens is 383 g/mol. The summed E-state index contributed by atoms with van der Waals surface area (Å²) < 4.78 is 0. The third kappa shape index (κ3) is 8.02. The molecule has 2 N–H and O–H groups in total. The molecule has 0 radical (unpaired) electrons. The van der Waals surface area contributed by atoms with Gasteiger partial charge in [0, 0.05) is 12.8 Å². The van der Waals surface area contributed by atoms with Crippen LogP contribution in [-0.2, 0) is 9.59 Å². The molecule has 0 aromatic heterocycles. The summed E-state index contributed by atoms with van der Waals surface area (Å²) >= 11 is 12.0. The number of carbonyl (C=O) groups excluding carboxylic acids is 2. The Labute approximate surface area is 170 Å². The van der Waals surface area contributed by atoms with E-state index in [1.807, 2.05) is 24.3 Å². The number of benzene rings is 2. The second-order valence-electron chi connectivity index (χ2n) is 6.32. The maximum atomic E-state index is 11.9. The molecule has 0 spiro atoms. The highest BCUT2D eigenvalue weighted by molar-refractivity contribution is 6.34. The fourth-order valence-electron chi connectivity index (χ4n) is 2.65. The topological polar surface area (TPSA) is 58.2 Å². The predicted octanol–water partition coefficient (Wildman–Crippen LogP) is 6.30. The van der Waals surface area contributed by atoms with Crippen molar-refractivity contribution in [2.24, 2.45) is 0 Å². The van der Waals surface area contributed by atoms with Gasteiger partial charge in [0.25, 0.3) is 0 Å². The van der Waals surface area contributed by atoms with Crippen LogP contribution in [0.4, 0.5) is 11.4 Å². The zero-order valence-electron chi connectivity index (χ0n) is 15.1. The van der Waals surface area contributed by atoms with Gasteiger partial charge in [-0.3, -0.25) is 9.59 Å². The fourth-order valence-corrected chi connectivity index (χ4v) is 3.02. The lowest BCUT2D eigenvalue weighted by Gasteiger charge is -2.07. The number of unbranched alkanes of at least 4 members (excludes halogenated alkanes) is 4.